The molecule has 19 heavy (non-hydrogen) atoms. The molecule has 1 aliphatic rings. The number of piperidine rings is 1. The number of nitrogens with zero attached hydrogens (tertiary/aromatic N) is 4. The molecule has 0 aliphatic carbocycles. The van der Waals surface area contributed by atoms with Gasteiger partial charge in [-0.15, -0.1) is 0 Å². The Hall–Kier alpha value is -1.62. The van der Waals surface area contributed by atoms with E-state index in [0.29, 0.717) is 6.04 Å². The number of hydrogen-bond donors (Lipinski definition) is 1. The largest absolute Gasteiger partial charge is 0.355 e. The van der Waals surface area contributed by atoms with Crippen molar-refractivity contribution in [3.63, 3.8) is 0 Å². The molecule has 0 bridgehead atoms. The third-order valence-electron chi connectivity index (χ3n) is 3.78. The molecule has 0 amide bonds. The minimum Gasteiger partial charge on any atom is -0.355 e. The molecule has 1 aliphatic heterocycles. The second-order valence-corrected chi connectivity index (χ2v) is 5.13. The van der Waals surface area contributed by atoms with Crippen LogP contribution in [0.1, 0.15) is 26.2 Å². The molecule has 102 valence electrons. The average molecular weight is 259 g/mol. The fourth-order valence-electron chi connectivity index (χ4n) is 2.73. The van der Waals surface area contributed by atoms with Gasteiger partial charge in [0, 0.05) is 31.5 Å². The lowest BCUT2D eigenvalue weighted by Crippen LogP contribution is -2.43. The first kappa shape index (κ1) is 12.4. The molecule has 3 rings (SSSR count). The third kappa shape index (κ3) is 2.56. The zero-order valence-electron chi connectivity index (χ0n) is 11.4. The summed E-state index contributed by atoms with van der Waals surface area (Å²) in [5.74, 6) is 1.06. The van der Waals surface area contributed by atoms with E-state index in [1.807, 2.05) is 29.2 Å². The van der Waals surface area contributed by atoms with Crippen molar-refractivity contribution in [3.05, 3.63) is 24.7 Å². The molecule has 1 N–H and O–H groups in total. The lowest BCUT2D eigenvalue weighted by molar-refractivity contribution is 0.415. The summed E-state index contributed by atoms with van der Waals surface area (Å²) >= 11 is 0. The molecular formula is C14H21N5. The van der Waals surface area contributed by atoms with Gasteiger partial charge in [0.15, 0.2) is 5.82 Å². The molecular weight excluding hydrogens is 238 g/mol. The molecule has 1 fully saturated rings. The van der Waals surface area contributed by atoms with Crippen molar-refractivity contribution < 1.29 is 0 Å². The summed E-state index contributed by atoms with van der Waals surface area (Å²) in [6, 6.07) is 2.70. The second-order valence-electron chi connectivity index (χ2n) is 5.13. The minimum absolute atomic E-state index is 0.667. The molecule has 5 heteroatoms. The number of anilines is 1. The van der Waals surface area contributed by atoms with Gasteiger partial charge in [-0.05, 0) is 31.9 Å². The second kappa shape index (κ2) is 5.57. The fraction of sp³-hybridized carbons (Fsp3) is 0.571. The van der Waals surface area contributed by atoms with E-state index < -0.39 is 0 Å². The lowest BCUT2D eigenvalue weighted by atomic mass is 10.0. The van der Waals surface area contributed by atoms with E-state index >= 15 is 0 Å². The summed E-state index contributed by atoms with van der Waals surface area (Å²) in [7, 11) is 0. The fourth-order valence-corrected chi connectivity index (χ4v) is 2.73. The van der Waals surface area contributed by atoms with Crippen LogP contribution >= 0.6 is 0 Å². The number of fused-ring (bicyclic) bond motifs is 1. The molecule has 2 aromatic rings. The van der Waals surface area contributed by atoms with Crippen LogP contribution in [-0.4, -0.2) is 40.3 Å². The summed E-state index contributed by atoms with van der Waals surface area (Å²) in [5, 5.41) is 7.88. The summed E-state index contributed by atoms with van der Waals surface area (Å²) in [6.45, 7) is 5.48. The highest BCUT2D eigenvalue weighted by Gasteiger charge is 2.21. The van der Waals surface area contributed by atoms with Crippen LogP contribution in [0.5, 0.6) is 0 Å². The SMILES string of the molecule is CCCNC1CCN(c2nccn3nccc23)CC1. The van der Waals surface area contributed by atoms with Crippen molar-refractivity contribution in [2.24, 2.45) is 0 Å². The highest BCUT2D eigenvalue weighted by Crippen LogP contribution is 2.22. The Balaban J connectivity index is 1.69. The Labute approximate surface area is 113 Å². The van der Waals surface area contributed by atoms with Gasteiger partial charge < -0.3 is 10.2 Å². The normalized spacial score (nSPS) is 17.2. The van der Waals surface area contributed by atoms with Crippen LogP contribution in [0, 0.1) is 0 Å². The van der Waals surface area contributed by atoms with Crippen LogP contribution in [0.4, 0.5) is 5.82 Å². The topological polar surface area (TPSA) is 45.5 Å². The Bertz CT molecular complexity index is 527. The predicted octanol–water partition coefficient (Wildman–Crippen LogP) is 1.70. The summed E-state index contributed by atoms with van der Waals surface area (Å²) in [6.07, 6.45) is 9.14. The van der Waals surface area contributed by atoms with Gasteiger partial charge in [0.2, 0.25) is 0 Å². The van der Waals surface area contributed by atoms with E-state index in [1.165, 1.54) is 19.3 Å². The van der Waals surface area contributed by atoms with Crippen molar-refractivity contribution in [1.29, 1.82) is 0 Å². The Morgan fingerprint density at radius 3 is 2.95 bits per heavy atom. The predicted molar refractivity (Wildman–Crippen MR) is 76.5 cm³/mol. The molecule has 2 aromatic heterocycles. The first-order valence-corrected chi connectivity index (χ1v) is 7.15. The minimum atomic E-state index is 0.667. The molecule has 0 spiro atoms. The smallest absolute Gasteiger partial charge is 0.154 e. The van der Waals surface area contributed by atoms with Crippen LogP contribution in [0.25, 0.3) is 5.52 Å². The van der Waals surface area contributed by atoms with Crippen LogP contribution in [0.2, 0.25) is 0 Å². The third-order valence-corrected chi connectivity index (χ3v) is 3.78. The van der Waals surface area contributed by atoms with Crippen molar-refractivity contribution in [2.75, 3.05) is 24.5 Å². The first-order valence-electron chi connectivity index (χ1n) is 7.15. The van der Waals surface area contributed by atoms with E-state index in [0.717, 1.165) is 31.0 Å². The maximum absolute atomic E-state index is 4.53. The van der Waals surface area contributed by atoms with Crippen molar-refractivity contribution in [2.45, 2.75) is 32.2 Å². The van der Waals surface area contributed by atoms with E-state index in [4.69, 9.17) is 0 Å². The molecule has 3 heterocycles. The van der Waals surface area contributed by atoms with Gasteiger partial charge in [-0.3, -0.25) is 0 Å². The van der Waals surface area contributed by atoms with Crippen LogP contribution in [0.3, 0.4) is 0 Å². The van der Waals surface area contributed by atoms with E-state index in [2.05, 4.69) is 27.2 Å². The van der Waals surface area contributed by atoms with Gasteiger partial charge in [-0.2, -0.15) is 5.10 Å². The molecule has 1 saturated heterocycles. The monoisotopic (exact) mass is 259 g/mol. The summed E-state index contributed by atoms with van der Waals surface area (Å²) < 4.78 is 1.89. The molecule has 0 saturated carbocycles. The van der Waals surface area contributed by atoms with E-state index in [-0.39, 0.29) is 0 Å². The Morgan fingerprint density at radius 1 is 1.32 bits per heavy atom. The Morgan fingerprint density at radius 2 is 2.16 bits per heavy atom. The van der Waals surface area contributed by atoms with E-state index in [9.17, 15) is 0 Å². The van der Waals surface area contributed by atoms with Gasteiger partial charge >= 0.3 is 0 Å². The summed E-state index contributed by atoms with van der Waals surface area (Å²) in [4.78, 5) is 6.91. The molecule has 0 radical (unpaired) electrons. The van der Waals surface area contributed by atoms with Gasteiger partial charge in [0.1, 0.15) is 5.52 Å². The average Bonchev–Trinajstić information content (AvgIpc) is 2.94. The zero-order valence-corrected chi connectivity index (χ0v) is 11.4. The standard InChI is InChI=1S/C14H21N5/c1-2-6-15-12-4-9-18(10-5-12)14-13-3-7-17-19(13)11-8-16-14/h3,7-8,11-12,15H,2,4-6,9-10H2,1H3. The number of nitrogens with one attached hydrogen (secondary N) is 1. The zero-order chi connectivity index (χ0) is 13.1. The van der Waals surface area contributed by atoms with Crippen molar-refractivity contribution in [3.8, 4) is 0 Å². The van der Waals surface area contributed by atoms with Crippen molar-refractivity contribution >= 4 is 11.3 Å². The maximum atomic E-state index is 4.53. The van der Waals surface area contributed by atoms with E-state index in [1.54, 1.807) is 0 Å². The highest BCUT2D eigenvalue weighted by molar-refractivity contribution is 5.68. The van der Waals surface area contributed by atoms with Gasteiger partial charge in [-0.1, -0.05) is 6.92 Å². The van der Waals surface area contributed by atoms with Crippen LogP contribution in [0.15, 0.2) is 24.7 Å². The lowest BCUT2D eigenvalue weighted by Gasteiger charge is -2.33. The number of aromatic nitrogens is 3. The first-order chi connectivity index (χ1) is 9.38. The van der Waals surface area contributed by atoms with Gasteiger partial charge in [0.25, 0.3) is 0 Å². The van der Waals surface area contributed by atoms with Crippen LogP contribution < -0.4 is 10.2 Å². The van der Waals surface area contributed by atoms with Gasteiger partial charge in [0.05, 0.1) is 6.20 Å². The van der Waals surface area contributed by atoms with Crippen molar-refractivity contribution in [1.82, 2.24) is 19.9 Å². The molecule has 5 nitrogen and oxygen atoms in total. The van der Waals surface area contributed by atoms with Crippen LogP contribution in [-0.2, 0) is 0 Å². The quantitative estimate of drug-likeness (QED) is 0.907. The highest BCUT2D eigenvalue weighted by atomic mass is 15.3. The summed E-state index contributed by atoms with van der Waals surface area (Å²) in [5.41, 5.74) is 1.10. The number of rotatable bonds is 4. The number of hydrogen-bond acceptors (Lipinski definition) is 4. The molecule has 0 aromatic carbocycles. The maximum Gasteiger partial charge on any atom is 0.154 e. The molecule has 0 atom stereocenters. The molecule has 0 unspecified atom stereocenters. The Kier molecular flexibility index (Phi) is 3.64. The van der Waals surface area contributed by atoms with Gasteiger partial charge in [-0.25, -0.2) is 9.50 Å².